The van der Waals surface area contributed by atoms with Crippen LogP contribution in [0.5, 0.6) is 0 Å². The number of ketones is 1. The summed E-state index contributed by atoms with van der Waals surface area (Å²) in [5.74, 6) is -1.45. The van der Waals surface area contributed by atoms with Gasteiger partial charge in [0.2, 0.25) is 0 Å². The summed E-state index contributed by atoms with van der Waals surface area (Å²) in [6.07, 6.45) is 3.63. The zero-order valence-corrected chi connectivity index (χ0v) is 18.1. The zero-order valence-electron chi connectivity index (χ0n) is 17.3. The van der Waals surface area contributed by atoms with E-state index in [9.17, 15) is 19.7 Å². The molecule has 0 aliphatic carbocycles. The molecule has 1 fully saturated rings. The van der Waals surface area contributed by atoms with Crippen LogP contribution in [0.4, 0.5) is 10.1 Å². The summed E-state index contributed by atoms with van der Waals surface area (Å²) >= 11 is 6.20. The molecular weight excluding hydrogens is 437 g/mol. The van der Waals surface area contributed by atoms with E-state index in [1.54, 1.807) is 54.6 Å². The summed E-state index contributed by atoms with van der Waals surface area (Å²) < 4.78 is 13.8. The average molecular weight is 454 g/mol. The number of carbonyl (C=O) groups is 1. The minimum atomic E-state index is -1.57. The number of Topliss-reactive ketones (excluding diaryl/α,β-unsaturated/α-hetero) is 1. The molecular formula is C27H17ClFN3O. The molecule has 0 spiro atoms. The molecule has 0 N–H and O–H groups in total. The number of nitrogens with zero attached hydrogens (tertiary/aromatic N) is 3. The minimum absolute atomic E-state index is 0.210. The Kier molecular flexibility index (Phi) is 5.01. The quantitative estimate of drug-likeness (QED) is 0.472. The molecule has 4 nitrogen and oxygen atoms in total. The fourth-order valence-corrected chi connectivity index (χ4v) is 5.26. The predicted octanol–water partition coefficient (Wildman–Crippen LogP) is 5.76. The highest BCUT2D eigenvalue weighted by Gasteiger charge is 2.63. The molecule has 3 aromatic carbocycles. The first-order valence-corrected chi connectivity index (χ1v) is 10.8. The van der Waals surface area contributed by atoms with Gasteiger partial charge in [0, 0.05) is 22.2 Å². The number of hydrogen-bond acceptors (Lipinski definition) is 4. The standard InChI is InChI=1S/C27H17ClFN3O/c28-20-9-12-22-19(14-20)8-13-23-27(15-30,16-31)24(17-6-10-21(29)11-7-17)25(32(22)23)26(33)18-4-2-1-3-5-18/h1-14,23-25H/t23-,24+,25-/m0/s1. The van der Waals surface area contributed by atoms with Crippen LogP contribution in [-0.4, -0.2) is 17.9 Å². The van der Waals surface area contributed by atoms with Crippen LogP contribution in [0, 0.1) is 33.9 Å². The van der Waals surface area contributed by atoms with E-state index in [2.05, 4.69) is 12.1 Å². The lowest BCUT2D eigenvalue weighted by atomic mass is 9.69. The van der Waals surface area contributed by atoms with Crippen LogP contribution < -0.4 is 4.90 Å². The summed E-state index contributed by atoms with van der Waals surface area (Å²) in [5.41, 5.74) is 0.993. The van der Waals surface area contributed by atoms with E-state index in [-0.39, 0.29) is 5.78 Å². The van der Waals surface area contributed by atoms with Crippen molar-refractivity contribution in [1.29, 1.82) is 10.5 Å². The molecule has 0 unspecified atom stereocenters. The van der Waals surface area contributed by atoms with Crippen LogP contribution in [0.2, 0.25) is 5.02 Å². The van der Waals surface area contributed by atoms with E-state index in [1.807, 2.05) is 23.1 Å². The molecule has 5 rings (SSSR count). The van der Waals surface area contributed by atoms with Gasteiger partial charge in [-0.1, -0.05) is 66.2 Å². The highest BCUT2D eigenvalue weighted by atomic mass is 35.5. The fourth-order valence-electron chi connectivity index (χ4n) is 5.08. The Bertz CT molecular complexity index is 1340. The van der Waals surface area contributed by atoms with Crippen LogP contribution in [-0.2, 0) is 0 Å². The molecule has 3 aromatic rings. The number of nitriles is 2. The number of rotatable bonds is 3. The maximum atomic E-state index is 14.0. The first-order chi connectivity index (χ1) is 16.0. The second-order valence-electron chi connectivity index (χ2n) is 8.21. The highest BCUT2D eigenvalue weighted by molar-refractivity contribution is 6.30. The third-order valence-electron chi connectivity index (χ3n) is 6.52. The van der Waals surface area contributed by atoms with Gasteiger partial charge >= 0.3 is 0 Å². The molecule has 1 saturated heterocycles. The number of benzene rings is 3. The lowest BCUT2D eigenvalue weighted by Crippen LogP contribution is -2.44. The van der Waals surface area contributed by atoms with Gasteiger partial charge in [-0.2, -0.15) is 10.5 Å². The Labute approximate surface area is 195 Å². The van der Waals surface area contributed by atoms with E-state index in [0.717, 1.165) is 11.3 Å². The van der Waals surface area contributed by atoms with Crippen LogP contribution in [0.25, 0.3) is 6.08 Å². The second kappa shape index (κ2) is 7.89. The summed E-state index contributed by atoms with van der Waals surface area (Å²) in [5, 5.41) is 21.3. The van der Waals surface area contributed by atoms with Gasteiger partial charge < -0.3 is 4.90 Å². The maximum absolute atomic E-state index is 14.0. The van der Waals surface area contributed by atoms with E-state index >= 15 is 0 Å². The van der Waals surface area contributed by atoms with Crippen molar-refractivity contribution in [2.45, 2.75) is 18.0 Å². The van der Waals surface area contributed by atoms with Crippen LogP contribution in [0.1, 0.15) is 27.4 Å². The Hall–Kier alpha value is -3.93. The van der Waals surface area contributed by atoms with Crippen molar-refractivity contribution in [3.8, 4) is 12.1 Å². The molecule has 3 atom stereocenters. The van der Waals surface area contributed by atoms with Crippen molar-refractivity contribution in [2.75, 3.05) is 4.90 Å². The normalized spacial score (nSPS) is 22.1. The maximum Gasteiger partial charge on any atom is 0.185 e. The number of fused-ring (bicyclic) bond motifs is 3. The molecule has 0 radical (unpaired) electrons. The molecule has 6 heteroatoms. The second-order valence-corrected chi connectivity index (χ2v) is 8.65. The first-order valence-electron chi connectivity index (χ1n) is 10.4. The highest BCUT2D eigenvalue weighted by Crippen LogP contribution is 2.55. The van der Waals surface area contributed by atoms with Crippen LogP contribution in [0.15, 0.2) is 78.9 Å². The van der Waals surface area contributed by atoms with Gasteiger partial charge in [0.05, 0.1) is 18.2 Å². The molecule has 160 valence electrons. The molecule has 0 saturated carbocycles. The Morgan fingerprint density at radius 2 is 1.70 bits per heavy atom. The predicted molar refractivity (Wildman–Crippen MR) is 124 cm³/mol. The zero-order chi connectivity index (χ0) is 23.2. The van der Waals surface area contributed by atoms with Crippen molar-refractivity contribution < 1.29 is 9.18 Å². The molecule has 2 heterocycles. The smallest absolute Gasteiger partial charge is 0.185 e. The number of carbonyl (C=O) groups excluding carboxylic acids is 1. The van der Waals surface area contributed by atoms with E-state index in [4.69, 9.17) is 11.6 Å². The topological polar surface area (TPSA) is 67.9 Å². The number of anilines is 1. The molecule has 0 amide bonds. The largest absolute Gasteiger partial charge is 0.351 e. The molecule has 0 aromatic heterocycles. The Morgan fingerprint density at radius 3 is 2.36 bits per heavy atom. The lowest BCUT2D eigenvalue weighted by molar-refractivity contribution is 0.0951. The summed E-state index contributed by atoms with van der Waals surface area (Å²) in [6.45, 7) is 0. The van der Waals surface area contributed by atoms with Crippen molar-refractivity contribution in [3.63, 3.8) is 0 Å². The SMILES string of the molecule is N#CC1(C#N)[C@H](c2ccc(F)cc2)[C@@H](C(=O)c2ccccc2)N2c3ccc(Cl)cc3C=C[C@H]21. The van der Waals surface area contributed by atoms with Crippen LogP contribution in [0.3, 0.4) is 0 Å². The van der Waals surface area contributed by atoms with Gasteiger partial charge in [-0.05, 0) is 41.5 Å². The third-order valence-corrected chi connectivity index (χ3v) is 6.76. The van der Waals surface area contributed by atoms with Gasteiger partial charge in [-0.3, -0.25) is 4.79 Å². The van der Waals surface area contributed by atoms with Gasteiger partial charge in [-0.25, -0.2) is 4.39 Å². The van der Waals surface area contributed by atoms with E-state index in [0.29, 0.717) is 16.1 Å². The van der Waals surface area contributed by atoms with Gasteiger partial charge in [0.1, 0.15) is 11.9 Å². The van der Waals surface area contributed by atoms with Crippen molar-refractivity contribution >= 4 is 29.1 Å². The van der Waals surface area contributed by atoms with Crippen LogP contribution >= 0.6 is 11.6 Å². The Morgan fingerprint density at radius 1 is 1.00 bits per heavy atom. The minimum Gasteiger partial charge on any atom is -0.351 e. The number of hydrogen-bond donors (Lipinski definition) is 0. The molecule has 2 aliphatic heterocycles. The van der Waals surface area contributed by atoms with Gasteiger partial charge in [-0.15, -0.1) is 0 Å². The van der Waals surface area contributed by atoms with Crippen molar-refractivity contribution in [2.24, 2.45) is 5.41 Å². The third kappa shape index (κ3) is 3.13. The number of halogens is 2. The molecule has 33 heavy (non-hydrogen) atoms. The summed E-state index contributed by atoms with van der Waals surface area (Å²) in [7, 11) is 0. The average Bonchev–Trinajstić information content (AvgIpc) is 3.15. The fraction of sp³-hybridized carbons (Fsp3) is 0.148. The summed E-state index contributed by atoms with van der Waals surface area (Å²) in [4.78, 5) is 15.8. The van der Waals surface area contributed by atoms with Crippen molar-refractivity contribution in [1.82, 2.24) is 0 Å². The lowest BCUT2D eigenvalue weighted by Gasteiger charge is -2.35. The van der Waals surface area contributed by atoms with Gasteiger partial charge in [0.15, 0.2) is 11.2 Å². The molecule has 2 aliphatic rings. The van der Waals surface area contributed by atoms with E-state index in [1.165, 1.54) is 12.1 Å². The monoisotopic (exact) mass is 453 g/mol. The van der Waals surface area contributed by atoms with E-state index < -0.39 is 29.2 Å². The first kappa shape index (κ1) is 20.9. The van der Waals surface area contributed by atoms with Gasteiger partial charge in [0.25, 0.3) is 0 Å². The summed E-state index contributed by atoms with van der Waals surface area (Å²) in [6, 6.07) is 22.8. The molecule has 0 bridgehead atoms. The van der Waals surface area contributed by atoms with Crippen molar-refractivity contribution in [3.05, 3.63) is 106 Å². The Balaban J connectivity index is 1.79.